The number of primary amides is 1. The number of carbonyl (C=O) groups excluding carboxylic acids is 1. The lowest BCUT2D eigenvalue weighted by Gasteiger charge is -2.23. The molecule has 2 atom stereocenters. The van der Waals surface area contributed by atoms with Crippen LogP contribution >= 0.6 is 0 Å². The zero-order chi connectivity index (χ0) is 11.2. The van der Waals surface area contributed by atoms with Crippen LogP contribution < -0.4 is 16.8 Å². The van der Waals surface area contributed by atoms with E-state index < -0.39 is 17.6 Å². The second-order valence-corrected chi connectivity index (χ2v) is 3.89. The molecule has 0 aliphatic carbocycles. The molecule has 0 aromatic heterocycles. The summed E-state index contributed by atoms with van der Waals surface area (Å²) in [6.07, 6.45) is 1.63. The Morgan fingerprint density at radius 1 is 1.64 bits per heavy atom. The molecule has 5 heteroatoms. The average Bonchev–Trinajstić information content (AvgIpc) is 2.03. The van der Waals surface area contributed by atoms with E-state index in [9.17, 15) is 9.90 Å². The van der Waals surface area contributed by atoms with Crippen LogP contribution in [0.5, 0.6) is 0 Å². The summed E-state index contributed by atoms with van der Waals surface area (Å²) < 4.78 is 0. The monoisotopic (exact) mass is 203 g/mol. The summed E-state index contributed by atoms with van der Waals surface area (Å²) in [6.45, 7) is 4.47. The molecule has 0 saturated carbocycles. The van der Waals surface area contributed by atoms with Crippen molar-refractivity contribution < 1.29 is 9.90 Å². The van der Waals surface area contributed by atoms with Crippen molar-refractivity contribution in [2.24, 2.45) is 11.5 Å². The summed E-state index contributed by atoms with van der Waals surface area (Å²) in [6, 6.07) is -0.688. The van der Waals surface area contributed by atoms with Gasteiger partial charge in [-0.25, -0.2) is 0 Å². The summed E-state index contributed by atoms with van der Waals surface area (Å²) >= 11 is 0. The average molecular weight is 203 g/mol. The SMILES string of the molecule is CCCC(C)(O)CNCC(N)C(N)=O. The third-order valence-electron chi connectivity index (χ3n) is 2.02. The van der Waals surface area contributed by atoms with Crippen molar-refractivity contribution in [2.75, 3.05) is 13.1 Å². The molecule has 0 bridgehead atoms. The van der Waals surface area contributed by atoms with Gasteiger partial charge in [-0.3, -0.25) is 4.79 Å². The van der Waals surface area contributed by atoms with E-state index in [0.717, 1.165) is 6.42 Å². The van der Waals surface area contributed by atoms with Crippen molar-refractivity contribution in [3.63, 3.8) is 0 Å². The van der Waals surface area contributed by atoms with E-state index in [1.54, 1.807) is 6.92 Å². The first-order valence-electron chi connectivity index (χ1n) is 4.87. The third kappa shape index (κ3) is 5.90. The molecule has 0 spiro atoms. The largest absolute Gasteiger partial charge is 0.389 e. The number of rotatable bonds is 7. The highest BCUT2D eigenvalue weighted by Crippen LogP contribution is 2.09. The van der Waals surface area contributed by atoms with E-state index in [-0.39, 0.29) is 0 Å². The van der Waals surface area contributed by atoms with Gasteiger partial charge in [-0.05, 0) is 13.3 Å². The minimum Gasteiger partial charge on any atom is -0.389 e. The van der Waals surface area contributed by atoms with E-state index in [4.69, 9.17) is 11.5 Å². The van der Waals surface area contributed by atoms with Crippen LogP contribution in [-0.2, 0) is 4.79 Å². The van der Waals surface area contributed by atoms with Crippen molar-refractivity contribution in [1.29, 1.82) is 0 Å². The number of hydrogen-bond acceptors (Lipinski definition) is 4. The highest BCUT2D eigenvalue weighted by Gasteiger charge is 2.19. The third-order valence-corrected chi connectivity index (χ3v) is 2.02. The zero-order valence-corrected chi connectivity index (χ0v) is 8.92. The molecular weight excluding hydrogens is 182 g/mol. The Morgan fingerprint density at radius 2 is 2.21 bits per heavy atom. The summed E-state index contributed by atoms with van der Waals surface area (Å²) in [5.41, 5.74) is 9.64. The van der Waals surface area contributed by atoms with Crippen LogP contribution in [0.2, 0.25) is 0 Å². The standard InChI is InChI=1S/C9H21N3O2/c1-3-4-9(2,14)6-12-5-7(10)8(11)13/h7,12,14H,3-6,10H2,1-2H3,(H2,11,13). The maximum Gasteiger partial charge on any atom is 0.235 e. The molecule has 5 nitrogen and oxygen atoms in total. The summed E-state index contributed by atoms with van der Waals surface area (Å²) in [4.78, 5) is 10.6. The van der Waals surface area contributed by atoms with Gasteiger partial charge in [0, 0.05) is 13.1 Å². The van der Waals surface area contributed by atoms with Crippen LogP contribution in [-0.4, -0.2) is 35.7 Å². The lowest BCUT2D eigenvalue weighted by atomic mass is 10.0. The topological polar surface area (TPSA) is 101 Å². The van der Waals surface area contributed by atoms with Crippen LogP contribution in [0.1, 0.15) is 26.7 Å². The Bertz CT molecular complexity index is 183. The molecule has 0 radical (unpaired) electrons. The molecule has 0 aromatic rings. The Morgan fingerprint density at radius 3 is 2.64 bits per heavy atom. The molecule has 2 unspecified atom stereocenters. The van der Waals surface area contributed by atoms with E-state index in [0.29, 0.717) is 19.5 Å². The molecule has 0 aliphatic rings. The summed E-state index contributed by atoms with van der Waals surface area (Å²) in [7, 11) is 0. The van der Waals surface area contributed by atoms with Crippen molar-refractivity contribution in [1.82, 2.24) is 5.32 Å². The van der Waals surface area contributed by atoms with Gasteiger partial charge in [-0.2, -0.15) is 0 Å². The fraction of sp³-hybridized carbons (Fsp3) is 0.889. The smallest absolute Gasteiger partial charge is 0.235 e. The number of carbonyl (C=O) groups is 1. The van der Waals surface area contributed by atoms with Gasteiger partial charge in [-0.15, -0.1) is 0 Å². The van der Waals surface area contributed by atoms with Gasteiger partial charge < -0.3 is 21.9 Å². The van der Waals surface area contributed by atoms with Crippen molar-refractivity contribution in [3.8, 4) is 0 Å². The molecule has 0 aliphatic heterocycles. The molecule has 84 valence electrons. The van der Waals surface area contributed by atoms with Gasteiger partial charge >= 0.3 is 0 Å². The molecule has 6 N–H and O–H groups in total. The second kappa shape index (κ2) is 5.95. The number of amides is 1. The van der Waals surface area contributed by atoms with Gasteiger partial charge in [0.25, 0.3) is 0 Å². The molecule has 0 fully saturated rings. The summed E-state index contributed by atoms with van der Waals surface area (Å²) in [5, 5.41) is 12.7. The first-order chi connectivity index (χ1) is 6.39. The highest BCUT2D eigenvalue weighted by molar-refractivity contribution is 5.79. The van der Waals surface area contributed by atoms with Crippen LogP contribution in [0.3, 0.4) is 0 Å². The van der Waals surface area contributed by atoms with E-state index in [2.05, 4.69) is 5.32 Å². The molecule has 1 amide bonds. The molecule has 0 saturated heterocycles. The first-order valence-corrected chi connectivity index (χ1v) is 4.87. The fourth-order valence-electron chi connectivity index (χ4n) is 1.22. The van der Waals surface area contributed by atoms with Crippen LogP contribution in [0.4, 0.5) is 0 Å². The first kappa shape index (κ1) is 13.4. The lowest BCUT2D eigenvalue weighted by molar-refractivity contribution is -0.119. The normalized spacial score (nSPS) is 17.4. The van der Waals surface area contributed by atoms with Gasteiger partial charge in [0.05, 0.1) is 11.6 Å². The minimum absolute atomic E-state index is 0.301. The van der Waals surface area contributed by atoms with Crippen molar-refractivity contribution in [2.45, 2.75) is 38.3 Å². The predicted octanol–water partition coefficient (Wildman–Crippen LogP) is -1.06. The van der Waals surface area contributed by atoms with Crippen molar-refractivity contribution >= 4 is 5.91 Å². The zero-order valence-electron chi connectivity index (χ0n) is 8.92. The van der Waals surface area contributed by atoms with Gasteiger partial charge in [-0.1, -0.05) is 13.3 Å². The van der Waals surface area contributed by atoms with Crippen LogP contribution in [0.25, 0.3) is 0 Å². The number of aliphatic hydroxyl groups is 1. The van der Waals surface area contributed by atoms with E-state index in [1.165, 1.54) is 0 Å². The molecular formula is C9H21N3O2. The molecule has 14 heavy (non-hydrogen) atoms. The van der Waals surface area contributed by atoms with Crippen LogP contribution in [0, 0.1) is 0 Å². The quantitative estimate of drug-likeness (QED) is 0.423. The van der Waals surface area contributed by atoms with Crippen molar-refractivity contribution in [3.05, 3.63) is 0 Å². The number of nitrogens with one attached hydrogen (secondary N) is 1. The second-order valence-electron chi connectivity index (χ2n) is 3.89. The predicted molar refractivity (Wildman–Crippen MR) is 55.6 cm³/mol. The maximum absolute atomic E-state index is 10.6. The van der Waals surface area contributed by atoms with E-state index in [1.807, 2.05) is 6.92 Å². The molecule has 0 rings (SSSR count). The number of hydrogen-bond donors (Lipinski definition) is 4. The minimum atomic E-state index is -0.744. The Hall–Kier alpha value is -0.650. The number of nitrogens with two attached hydrogens (primary N) is 2. The van der Waals surface area contributed by atoms with Gasteiger partial charge in [0.15, 0.2) is 0 Å². The van der Waals surface area contributed by atoms with Gasteiger partial charge in [0.1, 0.15) is 0 Å². The lowest BCUT2D eigenvalue weighted by Crippen LogP contribution is -2.47. The molecule has 0 aromatic carbocycles. The molecule has 0 heterocycles. The Labute approximate surface area is 84.8 Å². The highest BCUT2D eigenvalue weighted by atomic mass is 16.3. The van der Waals surface area contributed by atoms with E-state index >= 15 is 0 Å². The Kier molecular flexibility index (Phi) is 5.68. The maximum atomic E-state index is 10.6. The van der Waals surface area contributed by atoms with Gasteiger partial charge in [0.2, 0.25) is 5.91 Å². The summed E-state index contributed by atoms with van der Waals surface area (Å²) in [5.74, 6) is -0.535. The fourth-order valence-corrected chi connectivity index (χ4v) is 1.22. The Balaban J connectivity index is 3.67. The van der Waals surface area contributed by atoms with Crippen LogP contribution in [0.15, 0.2) is 0 Å².